The van der Waals surface area contributed by atoms with Crippen molar-refractivity contribution < 1.29 is 9.47 Å². The average Bonchev–Trinajstić information content (AvgIpc) is 3.30. The zero-order valence-electron chi connectivity index (χ0n) is 14.2. The number of ether oxygens (including phenoxy) is 2. The molecule has 1 aliphatic heterocycles. The van der Waals surface area contributed by atoms with E-state index in [1.54, 1.807) is 17.2 Å². The van der Waals surface area contributed by atoms with Crippen LogP contribution in [0.4, 0.5) is 5.82 Å². The zero-order chi connectivity index (χ0) is 17.1. The predicted molar refractivity (Wildman–Crippen MR) is 94.5 cm³/mol. The minimum atomic E-state index is 0.237. The van der Waals surface area contributed by atoms with Crippen molar-refractivity contribution in [1.29, 1.82) is 0 Å². The maximum atomic E-state index is 5.79. The Morgan fingerprint density at radius 2 is 2.16 bits per heavy atom. The van der Waals surface area contributed by atoms with Gasteiger partial charge in [-0.3, -0.25) is 4.68 Å². The first-order valence-electron chi connectivity index (χ1n) is 8.49. The third kappa shape index (κ3) is 3.56. The van der Waals surface area contributed by atoms with Crippen LogP contribution in [0.1, 0.15) is 18.4 Å². The lowest BCUT2D eigenvalue weighted by Crippen LogP contribution is -2.16. The van der Waals surface area contributed by atoms with Crippen LogP contribution in [0.5, 0.6) is 5.75 Å². The molecule has 1 N–H and O–H groups in total. The maximum Gasteiger partial charge on any atom is 0.163 e. The van der Waals surface area contributed by atoms with E-state index in [0.717, 1.165) is 47.6 Å². The van der Waals surface area contributed by atoms with Gasteiger partial charge in [0.15, 0.2) is 5.65 Å². The van der Waals surface area contributed by atoms with E-state index in [2.05, 4.69) is 32.5 Å². The van der Waals surface area contributed by atoms with E-state index in [0.29, 0.717) is 13.2 Å². The molecule has 7 nitrogen and oxygen atoms in total. The topological polar surface area (TPSA) is 74.1 Å². The van der Waals surface area contributed by atoms with E-state index in [4.69, 9.17) is 9.47 Å². The molecule has 1 fully saturated rings. The lowest BCUT2D eigenvalue weighted by Gasteiger charge is -2.12. The molecule has 3 heterocycles. The fourth-order valence-electron chi connectivity index (χ4n) is 2.96. The predicted octanol–water partition coefficient (Wildman–Crippen LogP) is 2.53. The second-order valence-electron chi connectivity index (χ2n) is 6.17. The van der Waals surface area contributed by atoms with Crippen LogP contribution < -0.4 is 10.1 Å². The molecule has 0 saturated carbocycles. The van der Waals surface area contributed by atoms with Crippen molar-refractivity contribution in [3.8, 4) is 5.75 Å². The van der Waals surface area contributed by atoms with Gasteiger partial charge in [0.05, 0.1) is 17.7 Å². The zero-order valence-corrected chi connectivity index (χ0v) is 14.2. The summed E-state index contributed by atoms with van der Waals surface area (Å²) in [6.07, 6.45) is 5.78. The van der Waals surface area contributed by atoms with Crippen molar-refractivity contribution >= 4 is 16.9 Å². The number of aryl methyl sites for hydroxylation is 1. The summed E-state index contributed by atoms with van der Waals surface area (Å²) < 4.78 is 13.1. The van der Waals surface area contributed by atoms with Crippen molar-refractivity contribution in [3.63, 3.8) is 0 Å². The molecule has 1 unspecified atom stereocenters. The molecule has 0 amide bonds. The fraction of sp³-hybridized carbons (Fsp3) is 0.389. The van der Waals surface area contributed by atoms with Crippen molar-refractivity contribution in [2.75, 3.05) is 18.5 Å². The quantitative estimate of drug-likeness (QED) is 0.744. The van der Waals surface area contributed by atoms with Crippen molar-refractivity contribution in [2.45, 2.75) is 25.5 Å². The van der Waals surface area contributed by atoms with Crippen LogP contribution in [0.3, 0.4) is 0 Å². The Balaban J connectivity index is 1.36. The molecule has 1 aromatic carbocycles. The Morgan fingerprint density at radius 3 is 2.96 bits per heavy atom. The Hall–Kier alpha value is -2.67. The number of nitrogens with one attached hydrogen (secondary N) is 1. The SMILES string of the molecule is Cn1ncc2c(NCc3ccc(OCC4CCCO4)cc3)ncnc21. The van der Waals surface area contributed by atoms with Gasteiger partial charge in [-0.1, -0.05) is 12.1 Å². The smallest absolute Gasteiger partial charge is 0.163 e. The van der Waals surface area contributed by atoms with E-state index < -0.39 is 0 Å². The maximum absolute atomic E-state index is 5.79. The second kappa shape index (κ2) is 7.06. The molecule has 0 aliphatic carbocycles. The normalized spacial score (nSPS) is 17.1. The molecule has 0 bridgehead atoms. The van der Waals surface area contributed by atoms with E-state index in [-0.39, 0.29) is 6.10 Å². The molecule has 2 aromatic heterocycles. The highest BCUT2D eigenvalue weighted by Crippen LogP contribution is 2.20. The summed E-state index contributed by atoms with van der Waals surface area (Å²) in [7, 11) is 1.87. The molecule has 1 saturated heterocycles. The van der Waals surface area contributed by atoms with E-state index >= 15 is 0 Å². The first-order valence-corrected chi connectivity index (χ1v) is 8.49. The van der Waals surface area contributed by atoms with Gasteiger partial charge in [-0.05, 0) is 30.5 Å². The minimum absolute atomic E-state index is 0.237. The van der Waals surface area contributed by atoms with Gasteiger partial charge in [-0.2, -0.15) is 5.10 Å². The molecule has 0 radical (unpaired) electrons. The second-order valence-corrected chi connectivity index (χ2v) is 6.17. The van der Waals surface area contributed by atoms with Crippen LogP contribution in [0.2, 0.25) is 0 Å². The Morgan fingerprint density at radius 1 is 1.28 bits per heavy atom. The number of hydrogen-bond donors (Lipinski definition) is 1. The number of benzene rings is 1. The van der Waals surface area contributed by atoms with Crippen molar-refractivity contribution in [2.24, 2.45) is 7.05 Å². The van der Waals surface area contributed by atoms with Crippen molar-refractivity contribution in [1.82, 2.24) is 19.7 Å². The van der Waals surface area contributed by atoms with E-state index in [1.165, 1.54) is 0 Å². The van der Waals surface area contributed by atoms with E-state index in [1.807, 2.05) is 19.2 Å². The van der Waals surface area contributed by atoms with Gasteiger partial charge >= 0.3 is 0 Å². The molecule has 0 spiro atoms. The molecule has 1 atom stereocenters. The summed E-state index contributed by atoms with van der Waals surface area (Å²) in [6.45, 7) is 2.15. The number of nitrogens with zero attached hydrogens (tertiary/aromatic N) is 4. The number of aromatic nitrogens is 4. The molecule has 130 valence electrons. The molecular weight excluding hydrogens is 318 g/mol. The highest BCUT2D eigenvalue weighted by Gasteiger charge is 2.15. The van der Waals surface area contributed by atoms with Gasteiger partial charge in [-0.25, -0.2) is 9.97 Å². The third-order valence-electron chi connectivity index (χ3n) is 4.37. The summed E-state index contributed by atoms with van der Waals surface area (Å²) in [5.41, 5.74) is 1.97. The molecule has 7 heteroatoms. The van der Waals surface area contributed by atoms with Crippen LogP contribution in [0, 0.1) is 0 Å². The molecule has 4 rings (SSSR count). The third-order valence-corrected chi connectivity index (χ3v) is 4.37. The minimum Gasteiger partial charge on any atom is -0.491 e. The van der Waals surface area contributed by atoms with Crippen LogP contribution in [-0.4, -0.2) is 39.1 Å². The number of anilines is 1. The summed E-state index contributed by atoms with van der Waals surface area (Å²) in [5.74, 6) is 1.66. The lowest BCUT2D eigenvalue weighted by atomic mass is 10.2. The summed E-state index contributed by atoms with van der Waals surface area (Å²) >= 11 is 0. The van der Waals surface area contributed by atoms with Crippen LogP contribution in [0.15, 0.2) is 36.8 Å². The van der Waals surface area contributed by atoms with Gasteiger partial charge in [0.2, 0.25) is 0 Å². The van der Waals surface area contributed by atoms with Gasteiger partial charge in [-0.15, -0.1) is 0 Å². The van der Waals surface area contributed by atoms with Crippen LogP contribution in [0.25, 0.3) is 11.0 Å². The summed E-state index contributed by atoms with van der Waals surface area (Å²) in [6, 6.07) is 8.09. The highest BCUT2D eigenvalue weighted by atomic mass is 16.5. The largest absolute Gasteiger partial charge is 0.491 e. The first kappa shape index (κ1) is 15.8. The Labute approximate surface area is 146 Å². The fourth-order valence-corrected chi connectivity index (χ4v) is 2.96. The van der Waals surface area contributed by atoms with E-state index in [9.17, 15) is 0 Å². The lowest BCUT2D eigenvalue weighted by molar-refractivity contribution is 0.0679. The van der Waals surface area contributed by atoms with Gasteiger partial charge in [0, 0.05) is 20.2 Å². The summed E-state index contributed by atoms with van der Waals surface area (Å²) in [4.78, 5) is 8.56. The Kier molecular flexibility index (Phi) is 4.47. The molecule has 3 aromatic rings. The number of rotatable bonds is 6. The number of hydrogen-bond acceptors (Lipinski definition) is 6. The Bertz CT molecular complexity index is 840. The van der Waals surface area contributed by atoms with Crippen molar-refractivity contribution in [3.05, 3.63) is 42.4 Å². The number of fused-ring (bicyclic) bond motifs is 1. The monoisotopic (exact) mass is 339 g/mol. The van der Waals surface area contributed by atoms with Gasteiger partial charge in [0.25, 0.3) is 0 Å². The van der Waals surface area contributed by atoms with Gasteiger partial charge < -0.3 is 14.8 Å². The highest BCUT2D eigenvalue weighted by molar-refractivity contribution is 5.85. The molecule has 25 heavy (non-hydrogen) atoms. The van der Waals surface area contributed by atoms with Gasteiger partial charge in [0.1, 0.15) is 24.5 Å². The molecular formula is C18H21N5O2. The standard InChI is InChI=1S/C18H21N5O2/c1-23-18-16(10-22-23)17(20-12-21-18)19-9-13-4-6-14(7-5-13)25-11-15-3-2-8-24-15/h4-7,10,12,15H,2-3,8-9,11H2,1H3,(H,19,20,21). The van der Waals surface area contributed by atoms with Crippen LogP contribution >= 0.6 is 0 Å². The molecule has 1 aliphatic rings. The first-order chi connectivity index (χ1) is 12.3. The summed E-state index contributed by atoms with van der Waals surface area (Å²) in [5, 5.41) is 8.49. The average molecular weight is 339 g/mol. The van der Waals surface area contributed by atoms with Crippen LogP contribution in [-0.2, 0) is 18.3 Å².